The van der Waals surface area contributed by atoms with Crippen LogP contribution in [0.3, 0.4) is 0 Å². The summed E-state index contributed by atoms with van der Waals surface area (Å²) in [6.45, 7) is 3.69. The second kappa shape index (κ2) is 4.80. The van der Waals surface area contributed by atoms with Crippen LogP contribution < -0.4 is 10.6 Å². The molecular weight excluding hydrogens is 213 g/mol. The molecule has 2 rings (SSSR count). The van der Waals surface area contributed by atoms with Gasteiger partial charge in [0.2, 0.25) is 0 Å². The van der Waals surface area contributed by atoms with Crippen LogP contribution in [-0.4, -0.2) is 42.9 Å². The van der Waals surface area contributed by atoms with Crippen molar-refractivity contribution in [1.29, 1.82) is 0 Å². The van der Waals surface area contributed by atoms with Crippen molar-refractivity contribution in [1.82, 2.24) is 10.6 Å². The smallest absolute Gasteiger partial charge is 0.475 e. The highest BCUT2D eigenvalue weighted by Crippen LogP contribution is 2.17. The third kappa shape index (κ3) is 3.67. The third-order valence-corrected chi connectivity index (χ3v) is 2.50. The highest BCUT2D eigenvalue weighted by Gasteiger charge is 2.38. The zero-order chi connectivity index (χ0) is 11.5. The van der Waals surface area contributed by atoms with Gasteiger partial charge in [0.1, 0.15) is 0 Å². The summed E-state index contributed by atoms with van der Waals surface area (Å²) in [5.41, 5.74) is 0. The maximum Gasteiger partial charge on any atom is 0.490 e. The Hall–Kier alpha value is -0.820. The minimum absolute atomic E-state index is 0.815. The summed E-state index contributed by atoms with van der Waals surface area (Å²) in [4.78, 5) is 8.90. The SMILES string of the molecule is C1CC2CNCC2N1.O=C(O)C(F)(F)F. The van der Waals surface area contributed by atoms with Gasteiger partial charge in [-0.1, -0.05) is 0 Å². The molecular formula is C8H13F3N2O2. The van der Waals surface area contributed by atoms with Crippen molar-refractivity contribution in [3.05, 3.63) is 0 Å². The van der Waals surface area contributed by atoms with Crippen molar-refractivity contribution < 1.29 is 23.1 Å². The molecule has 2 atom stereocenters. The Labute approximate surface area is 84.8 Å². The van der Waals surface area contributed by atoms with E-state index in [9.17, 15) is 13.2 Å². The van der Waals surface area contributed by atoms with Gasteiger partial charge in [-0.2, -0.15) is 13.2 Å². The standard InChI is InChI=1S/C6H12N2.C2HF3O2/c1-2-8-6-4-7-3-5(1)6;3-2(4,5)1(6)7/h5-8H,1-4H2;(H,6,7). The van der Waals surface area contributed by atoms with E-state index in [0.29, 0.717) is 0 Å². The van der Waals surface area contributed by atoms with E-state index in [4.69, 9.17) is 9.90 Å². The summed E-state index contributed by atoms with van der Waals surface area (Å²) in [6.07, 6.45) is -3.70. The van der Waals surface area contributed by atoms with Gasteiger partial charge in [0.15, 0.2) is 0 Å². The van der Waals surface area contributed by atoms with Gasteiger partial charge in [-0.05, 0) is 25.4 Å². The lowest BCUT2D eigenvalue weighted by molar-refractivity contribution is -0.192. The van der Waals surface area contributed by atoms with E-state index >= 15 is 0 Å². The fourth-order valence-electron chi connectivity index (χ4n) is 1.73. The maximum atomic E-state index is 10.6. The molecule has 15 heavy (non-hydrogen) atoms. The van der Waals surface area contributed by atoms with Crippen LogP contribution in [0.15, 0.2) is 0 Å². The predicted octanol–water partition coefficient (Wildman–Crippen LogP) is 0.201. The average molecular weight is 226 g/mol. The zero-order valence-corrected chi connectivity index (χ0v) is 7.97. The Kier molecular flexibility index (Phi) is 3.92. The molecule has 88 valence electrons. The molecule has 2 fully saturated rings. The van der Waals surface area contributed by atoms with Crippen LogP contribution in [0.2, 0.25) is 0 Å². The quantitative estimate of drug-likeness (QED) is 0.552. The van der Waals surface area contributed by atoms with E-state index in [1.165, 1.54) is 26.1 Å². The fourth-order valence-corrected chi connectivity index (χ4v) is 1.73. The van der Waals surface area contributed by atoms with Gasteiger partial charge in [0, 0.05) is 12.6 Å². The normalized spacial score (nSPS) is 29.3. The highest BCUT2D eigenvalue weighted by molar-refractivity contribution is 5.73. The van der Waals surface area contributed by atoms with Crippen LogP contribution in [-0.2, 0) is 4.79 Å². The summed E-state index contributed by atoms with van der Waals surface area (Å²) in [5.74, 6) is -1.80. The first kappa shape index (κ1) is 12.3. The number of alkyl halides is 3. The number of halogens is 3. The zero-order valence-electron chi connectivity index (χ0n) is 7.97. The second-order valence-electron chi connectivity index (χ2n) is 3.57. The monoisotopic (exact) mass is 226 g/mol. The van der Waals surface area contributed by atoms with Crippen LogP contribution in [0.5, 0.6) is 0 Å². The van der Waals surface area contributed by atoms with Gasteiger partial charge < -0.3 is 15.7 Å². The number of carboxylic acids is 1. The van der Waals surface area contributed by atoms with Crippen molar-refractivity contribution in [3.63, 3.8) is 0 Å². The number of hydrogen-bond donors (Lipinski definition) is 3. The molecule has 0 amide bonds. The summed E-state index contributed by atoms with van der Waals surface area (Å²) in [7, 11) is 0. The first-order chi connectivity index (χ1) is 6.91. The number of carbonyl (C=O) groups is 1. The van der Waals surface area contributed by atoms with Crippen LogP contribution in [0.4, 0.5) is 13.2 Å². The van der Waals surface area contributed by atoms with Crippen molar-refractivity contribution >= 4 is 5.97 Å². The van der Waals surface area contributed by atoms with Crippen molar-refractivity contribution in [2.24, 2.45) is 5.92 Å². The van der Waals surface area contributed by atoms with Crippen LogP contribution in [0.25, 0.3) is 0 Å². The van der Waals surface area contributed by atoms with Crippen molar-refractivity contribution in [2.45, 2.75) is 18.6 Å². The largest absolute Gasteiger partial charge is 0.490 e. The Morgan fingerprint density at radius 3 is 2.40 bits per heavy atom. The average Bonchev–Trinajstić information content (AvgIpc) is 2.61. The molecule has 0 aromatic rings. The minimum Gasteiger partial charge on any atom is -0.475 e. The lowest BCUT2D eigenvalue weighted by Gasteiger charge is -2.03. The van der Waals surface area contributed by atoms with E-state index in [-0.39, 0.29) is 0 Å². The molecule has 2 heterocycles. The molecule has 4 nitrogen and oxygen atoms in total. The van der Waals surface area contributed by atoms with Gasteiger partial charge in [0.25, 0.3) is 0 Å². The summed E-state index contributed by atoms with van der Waals surface area (Å²) in [6, 6.07) is 0.815. The first-order valence-electron chi connectivity index (χ1n) is 4.65. The summed E-state index contributed by atoms with van der Waals surface area (Å²) < 4.78 is 31.7. The number of aliphatic carboxylic acids is 1. The molecule has 0 aliphatic carbocycles. The van der Waals surface area contributed by atoms with Crippen LogP contribution in [0.1, 0.15) is 6.42 Å². The highest BCUT2D eigenvalue weighted by atomic mass is 19.4. The first-order valence-corrected chi connectivity index (χ1v) is 4.65. The Balaban J connectivity index is 0.000000153. The maximum absolute atomic E-state index is 10.6. The van der Waals surface area contributed by atoms with Gasteiger partial charge in [-0.25, -0.2) is 4.79 Å². The molecule has 2 aliphatic rings. The molecule has 7 heteroatoms. The minimum atomic E-state index is -5.08. The molecule has 2 unspecified atom stereocenters. The number of nitrogens with one attached hydrogen (secondary N) is 2. The fraction of sp³-hybridized carbons (Fsp3) is 0.875. The van der Waals surface area contributed by atoms with Crippen molar-refractivity contribution in [2.75, 3.05) is 19.6 Å². The Morgan fingerprint density at radius 2 is 1.93 bits per heavy atom. The van der Waals surface area contributed by atoms with E-state index in [2.05, 4.69) is 10.6 Å². The number of carboxylic acid groups (broad SMARTS) is 1. The van der Waals surface area contributed by atoms with Crippen molar-refractivity contribution in [3.8, 4) is 0 Å². The molecule has 0 bridgehead atoms. The summed E-state index contributed by atoms with van der Waals surface area (Å²) >= 11 is 0. The van der Waals surface area contributed by atoms with Gasteiger partial charge in [-0.3, -0.25) is 0 Å². The van der Waals surface area contributed by atoms with Crippen LogP contribution in [0, 0.1) is 5.92 Å². The molecule has 0 aromatic heterocycles. The molecule has 0 radical (unpaired) electrons. The topological polar surface area (TPSA) is 61.4 Å². The Bertz CT molecular complexity index is 212. The van der Waals surface area contributed by atoms with E-state index in [0.717, 1.165) is 12.0 Å². The van der Waals surface area contributed by atoms with E-state index in [1.54, 1.807) is 0 Å². The second-order valence-corrected chi connectivity index (χ2v) is 3.57. The van der Waals surface area contributed by atoms with Gasteiger partial charge in [0.05, 0.1) is 0 Å². The lowest BCUT2D eigenvalue weighted by atomic mass is 10.1. The molecule has 2 aliphatic heterocycles. The molecule has 0 spiro atoms. The molecule has 0 aromatic carbocycles. The number of fused-ring (bicyclic) bond motifs is 1. The number of hydrogen-bond acceptors (Lipinski definition) is 3. The van der Waals surface area contributed by atoms with Gasteiger partial charge in [-0.15, -0.1) is 0 Å². The number of rotatable bonds is 0. The third-order valence-electron chi connectivity index (χ3n) is 2.50. The van der Waals surface area contributed by atoms with E-state index < -0.39 is 12.1 Å². The predicted molar refractivity (Wildman–Crippen MR) is 46.5 cm³/mol. The van der Waals surface area contributed by atoms with Gasteiger partial charge >= 0.3 is 12.1 Å². The summed E-state index contributed by atoms with van der Waals surface area (Å²) in [5, 5.41) is 13.9. The Morgan fingerprint density at radius 1 is 1.33 bits per heavy atom. The molecule has 3 N–H and O–H groups in total. The molecule has 2 saturated heterocycles. The van der Waals surface area contributed by atoms with E-state index in [1.807, 2.05) is 0 Å². The van der Waals surface area contributed by atoms with Crippen LogP contribution >= 0.6 is 0 Å². The lowest BCUT2D eigenvalue weighted by Crippen LogP contribution is -2.27. The molecule has 0 saturated carbocycles.